The van der Waals surface area contributed by atoms with E-state index in [4.69, 9.17) is 0 Å². The summed E-state index contributed by atoms with van der Waals surface area (Å²) in [5.74, 6) is 0. The Morgan fingerprint density at radius 2 is 2.05 bits per heavy atom. The molecule has 2 heterocycles. The summed E-state index contributed by atoms with van der Waals surface area (Å²) in [4.78, 5) is 0. The van der Waals surface area contributed by atoms with Gasteiger partial charge in [-0.15, -0.1) is 0 Å². The summed E-state index contributed by atoms with van der Waals surface area (Å²) in [6.45, 7) is 5.68. The van der Waals surface area contributed by atoms with Crippen LogP contribution >= 0.6 is 0 Å². The van der Waals surface area contributed by atoms with Crippen LogP contribution in [-0.2, 0) is 13.0 Å². The normalized spacial score (nSPS) is 19.0. The van der Waals surface area contributed by atoms with Gasteiger partial charge >= 0.3 is 0 Å². The predicted molar refractivity (Wildman–Crippen MR) is 86.9 cm³/mol. The van der Waals surface area contributed by atoms with Crippen molar-refractivity contribution in [2.75, 3.05) is 13.2 Å². The molecule has 1 aliphatic rings. The van der Waals surface area contributed by atoms with E-state index in [0.29, 0.717) is 0 Å². The highest BCUT2D eigenvalue weighted by molar-refractivity contribution is 5.44. The first kappa shape index (κ1) is 15.3. The third-order valence-electron chi connectivity index (χ3n) is 4.66. The van der Waals surface area contributed by atoms with E-state index in [1.165, 1.54) is 16.8 Å². The smallest absolute Gasteiger partial charge is 0.104 e. The zero-order valence-corrected chi connectivity index (χ0v) is 13.2. The Kier molecular flexibility index (Phi) is 4.34. The maximum Gasteiger partial charge on any atom is 0.104 e. The lowest BCUT2D eigenvalue weighted by molar-refractivity contribution is 0.0939. The molecule has 0 aliphatic carbocycles. The van der Waals surface area contributed by atoms with Crippen molar-refractivity contribution in [2.45, 2.75) is 39.0 Å². The second-order valence-corrected chi connectivity index (χ2v) is 6.06. The zero-order chi connectivity index (χ0) is 15.7. The minimum atomic E-state index is -0.812. The molecule has 0 radical (unpaired) electrons. The molecule has 0 bridgehead atoms. The topological polar surface area (TPSA) is 57.4 Å². The number of nitrogens with zero attached hydrogens (tertiary/aromatic N) is 1. The Hall–Kier alpha value is -1.62. The number of aliphatic hydroxyl groups is 2. The fourth-order valence-electron chi connectivity index (χ4n) is 3.60. The maximum atomic E-state index is 10.3. The van der Waals surface area contributed by atoms with E-state index in [9.17, 15) is 10.2 Å². The molecule has 2 atom stereocenters. The van der Waals surface area contributed by atoms with Crippen LogP contribution < -0.4 is 5.32 Å². The summed E-state index contributed by atoms with van der Waals surface area (Å²) in [6.07, 6.45) is 0.138. The summed E-state index contributed by atoms with van der Waals surface area (Å²) in [7, 11) is 0. The van der Waals surface area contributed by atoms with Crippen LogP contribution in [0.25, 0.3) is 0 Å². The number of aromatic nitrogens is 1. The molecule has 4 heteroatoms. The Morgan fingerprint density at radius 1 is 1.32 bits per heavy atom. The van der Waals surface area contributed by atoms with Gasteiger partial charge in [0.25, 0.3) is 0 Å². The summed E-state index contributed by atoms with van der Waals surface area (Å²) in [5, 5.41) is 23.1. The van der Waals surface area contributed by atoms with Gasteiger partial charge in [-0.3, -0.25) is 0 Å². The molecular weight excluding hydrogens is 276 g/mol. The van der Waals surface area contributed by atoms with Gasteiger partial charge in [-0.05, 0) is 25.0 Å². The molecule has 0 saturated carbocycles. The second kappa shape index (κ2) is 6.24. The van der Waals surface area contributed by atoms with E-state index < -0.39 is 6.10 Å². The molecular formula is C18H24N2O2. The monoisotopic (exact) mass is 300 g/mol. The van der Waals surface area contributed by atoms with Crippen LogP contribution in [0.15, 0.2) is 30.3 Å². The Labute approximate surface area is 131 Å². The average molecular weight is 300 g/mol. The number of hydrogen-bond donors (Lipinski definition) is 3. The van der Waals surface area contributed by atoms with Crippen molar-refractivity contribution >= 4 is 0 Å². The molecule has 1 aliphatic heterocycles. The standard InChI is InChI=1S/C18H24N2O2/c1-12-17-15(8-9-19-12)20(10-14-6-4-3-5-7-14)13(2)18(17)16(22)11-21/h3-7,12,16,19,21-22H,8-11H2,1-2H3/t12-,16+/m0/s1. The van der Waals surface area contributed by atoms with Gasteiger partial charge in [0.15, 0.2) is 0 Å². The average Bonchev–Trinajstić information content (AvgIpc) is 2.82. The lowest BCUT2D eigenvalue weighted by atomic mass is 9.95. The quantitative estimate of drug-likeness (QED) is 0.810. The van der Waals surface area contributed by atoms with Gasteiger partial charge in [-0.25, -0.2) is 0 Å². The number of aliphatic hydroxyl groups excluding tert-OH is 2. The van der Waals surface area contributed by atoms with Crippen molar-refractivity contribution in [3.8, 4) is 0 Å². The number of rotatable bonds is 4. The van der Waals surface area contributed by atoms with E-state index in [-0.39, 0.29) is 12.6 Å². The first-order valence-corrected chi connectivity index (χ1v) is 7.91. The number of hydrogen-bond acceptors (Lipinski definition) is 3. The largest absolute Gasteiger partial charge is 0.393 e. The SMILES string of the molecule is Cc1c([C@H](O)CO)c2c(n1Cc1ccccc1)CCN[C@H]2C. The minimum Gasteiger partial charge on any atom is -0.393 e. The molecule has 3 rings (SSSR count). The Balaban J connectivity index is 2.10. The van der Waals surface area contributed by atoms with Gasteiger partial charge in [0, 0.05) is 42.5 Å². The van der Waals surface area contributed by atoms with Gasteiger partial charge in [-0.2, -0.15) is 0 Å². The van der Waals surface area contributed by atoms with Crippen LogP contribution in [0.5, 0.6) is 0 Å². The molecule has 0 amide bonds. The molecule has 1 aromatic heterocycles. The third-order valence-corrected chi connectivity index (χ3v) is 4.66. The van der Waals surface area contributed by atoms with Gasteiger partial charge in [-0.1, -0.05) is 30.3 Å². The van der Waals surface area contributed by atoms with Crippen LogP contribution in [0, 0.1) is 6.92 Å². The predicted octanol–water partition coefficient (Wildman–Crippen LogP) is 2.08. The molecule has 0 spiro atoms. The van der Waals surface area contributed by atoms with Gasteiger partial charge in [0.2, 0.25) is 0 Å². The number of nitrogens with one attached hydrogen (secondary N) is 1. The summed E-state index contributed by atoms with van der Waals surface area (Å²) < 4.78 is 2.30. The van der Waals surface area contributed by atoms with Crippen molar-refractivity contribution in [2.24, 2.45) is 0 Å². The Morgan fingerprint density at radius 3 is 2.73 bits per heavy atom. The first-order valence-electron chi connectivity index (χ1n) is 7.91. The molecule has 0 fully saturated rings. The molecule has 2 aromatic rings. The number of fused-ring (bicyclic) bond motifs is 1. The van der Waals surface area contributed by atoms with Crippen molar-refractivity contribution in [1.29, 1.82) is 0 Å². The van der Waals surface area contributed by atoms with Gasteiger partial charge in [0.1, 0.15) is 6.10 Å². The van der Waals surface area contributed by atoms with Crippen LogP contribution in [0.4, 0.5) is 0 Å². The molecule has 4 nitrogen and oxygen atoms in total. The maximum absolute atomic E-state index is 10.3. The molecule has 3 N–H and O–H groups in total. The van der Waals surface area contributed by atoms with Crippen molar-refractivity contribution in [1.82, 2.24) is 9.88 Å². The fourth-order valence-corrected chi connectivity index (χ4v) is 3.60. The first-order chi connectivity index (χ1) is 10.6. The summed E-state index contributed by atoms with van der Waals surface area (Å²) in [6, 6.07) is 10.6. The van der Waals surface area contributed by atoms with Crippen molar-refractivity contribution < 1.29 is 10.2 Å². The fraction of sp³-hybridized carbons (Fsp3) is 0.444. The highest BCUT2D eigenvalue weighted by Crippen LogP contribution is 2.35. The van der Waals surface area contributed by atoms with Gasteiger partial charge in [0.05, 0.1) is 6.61 Å². The summed E-state index contributed by atoms with van der Waals surface area (Å²) in [5.41, 5.74) is 5.66. The van der Waals surface area contributed by atoms with Crippen molar-refractivity contribution in [3.63, 3.8) is 0 Å². The lowest BCUT2D eigenvalue weighted by Crippen LogP contribution is -2.29. The molecule has 22 heavy (non-hydrogen) atoms. The van der Waals surface area contributed by atoms with Crippen LogP contribution in [0.1, 0.15) is 47.1 Å². The Bertz CT molecular complexity index is 649. The van der Waals surface area contributed by atoms with E-state index in [0.717, 1.165) is 30.8 Å². The van der Waals surface area contributed by atoms with E-state index >= 15 is 0 Å². The van der Waals surface area contributed by atoms with Crippen LogP contribution in [-0.4, -0.2) is 27.9 Å². The molecule has 1 aromatic carbocycles. The highest BCUT2D eigenvalue weighted by atomic mass is 16.3. The van der Waals surface area contributed by atoms with E-state index in [2.05, 4.69) is 28.9 Å². The molecule has 0 unspecified atom stereocenters. The molecule has 0 saturated heterocycles. The van der Waals surface area contributed by atoms with Crippen LogP contribution in [0.2, 0.25) is 0 Å². The highest BCUT2D eigenvalue weighted by Gasteiger charge is 2.29. The van der Waals surface area contributed by atoms with Gasteiger partial charge < -0.3 is 20.1 Å². The lowest BCUT2D eigenvalue weighted by Gasteiger charge is -2.24. The molecule has 118 valence electrons. The second-order valence-electron chi connectivity index (χ2n) is 6.06. The zero-order valence-electron chi connectivity index (χ0n) is 13.2. The number of benzene rings is 1. The summed E-state index contributed by atoms with van der Waals surface area (Å²) >= 11 is 0. The van der Waals surface area contributed by atoms with Crippen molar-refractivity contribution in [3.05, 3.63) is 58.4 Å². The third kappa shape index (κ3) is 2.58. The van der Waals surface area contributed by atoms with E-state index in [1.807, 2.05) is 25.1 Å². The van der Waals surface area contributed by atoms with Crippen LogP contribution in [0.3, 0.4) is 0 Å². The van der Waals surface area contributed by atoms with E-state index in [1.54, 1.807) is 0 Å². The minimum absolute atomic E-state index is 0.204.